The maximum absolute atomic E-state index is 5.63. The van der Waals surface area contributed by atoms with Gasteiger partial charge in [-0.05, 0) is 17.7 Å². The Kier molecular flexibility index (Phi) is 5.85. The number of rotatable bonds is 7. The van der Waals surface area contributed by atoms with E-state index < -0.39 is 0 Å². The van der Waals surface area contributed by atoms with E-state index >= 15 is 0 Å². The minimum atomic E-state index is 0.467. The minimum absolute atomic E-state index is 0.467. The molecule has 0 aliphatic rings. The molecule has 0 bridgehead atoms. The Hall–Kier alpha value is -1.10. The van der Waals surface area contributed by atoms with Crippen LogP contribution in [0.1, 0.15) is 11.1 Å². The molecule has 0 unspecified atom stereocenters. The molecule has 90 valence electrons. The van der Waals surface area contributed by atoms with Crippen molar-refractivity contribution in [3.8, 4) is 5.75 Å². The quantitative estimate of drug-likeness (QED) is 0.711. The Balaban J connectivity index is 2.54. The molecule has 1 rings (SSSR count). The molecule has 0 atom stereocenters. The largest absolute Gasteiger partial charge is 0.496 e. The Bertz CT molecular complexity index is 315. The van der Waals surface area contributed by atoms with Crippen LogP contribution in [0.2, 0.25) is 0 Å². The van der Waals surface area contributed by atoms with Crippen LogP contribution in [-0.4, -0.2) is 27.4 Å². The Morgan fingerprint density at radius 1 is 1.19 bits per heavy atom. The van der Waals surface area contributed by atoms with Crippen LogP contribution < -0.4 is 10.5 Å². The van der Waals surface area contributed by atoms with Crippen LogP contribution >= 0.6 is 0 Å². The Morgan fingerprint density at radius 3 is 2.62 bits per heavy atom. The monoisotopic (exact) mass is 225 g/mol. The van der Waals surface area contributed by atoms with Crippen molar-refractivity contribution >= 4 is 0 Å². The fourth-order valence-electron chi connectivity index (χ4n) is 1.41. The average molecular weight is 225 g/mol. The topological polar surface area (TPSA) is 53.7 Å². The standard InChI is InChI=1S/C12H19NO3/c1-14-5-6-16-9-10-3-4-12(15-2)11(7-10)8-13/h3-4,7H,5-6,8-9,13H2,1-2H3. The molecule has 4 nitrogen and oxygen atoms in total. The normalized spacial score (nSPS) is 10.4. The first kappa shape index (κ1) is 13.0. The van der Waals surface area contributed by atoms with Crippen molar-refractivity contribution in [3.05, 3.63) is 29.3 Å². The first-order valence-corrected chi connectivity index (χ1v) is 5.24. The molecule has 0 aliphatic carbocycles. The molecular weight excluding hydrogens is 206 g/mol. The number of benzene rings is 1. The molecule has 2 N–H and O–H groups in total. The lowest BCUT2D eigenvalue weighted by molar-refractivity contribution is 0.0616. The van der Waals surface area contributed by atoms with E-state index in [4.69, 9.17) is 19.9 Å². The molecule has 0 spiro atoms. The van der Waals surface area contributed by atoms with Gasteiger partial charge in [-0.3, -0.25) is 0 Å². The van der Waals surface area contributed by atoms with Gasteiger partial charge in [0.2, 0.25) is 0 Å². The maximum Gasteiger partial charge on any atom is 0.123 e. The zero-order chi connectivity index (χ0) is 11.8. The highest BCUT2D eigenvalue weighted by atomic mass is 16.5. The van der Waals surface area contributed by atoms with E-state index in [-0.39, 0.29) is 0 Å². The fourth-order valence-corrected chi connectivity index (χ4v) is 1.41. The first-order valence-electron chi connectivity index (χ1n) is 5.24. The van der Waals surface area contributed by atoms with Crippen LogP contribution in [0.15, 0.2) is 18.2 Å². The number of nitrogens with two attached hydrogens (primary N) is 1. The summed E-state index contributed by atoms with van der Waals surface area (Å²) in [6.45, 7) is 2.25. The zero-order valence-corrected chi connectivity index (χ0v) is 9.86. The third-order valence-electron chi connectivity index (χ3n) is 2.27. The summed E-state index contributed by atoms with van der Waals surface area (Å²) in [5.41, 5.74) is 7.72. The summed E-state index contributed by atoms with van der Waals surface area (Å²) in [4.78, 5) is 0. The van der Waals surface area contributed by atoms with Gasteiger partial charge in [0.25, 0.3) is 0 Å². The molecule has 1 aromatic carbocycles. The van der Waals surface area contributed by atoms with E-state index in [1.165, 1.54) is 0 Å². The molecule has 1 aromatic rings. The molecule has 0 heterocycles. The molecule has 0 radical (unpaired) electrons. The molecule has 0 fully saturated rings. The van der Waals surface area contributed by atoms with Gasteiger partial charge < -0.3 is 19.9 Å². The minimum Gasteiger partial charge on any atom is -0.496 e. The van der Waals surface area contributed by atoms with E-state index in [0.29, 0.717) is 26.4 Å². The van der Waals surface area contributed by atoms with Gasteiger partial charge in [0.1, 0.15) is 5.75 Å². The van der Waals surface area contributed by atoms with Gasteiger partial charge in [0.05, 0.1) is 26.9 Å². The molecular formula is C12H19NO3. The van der Waals surface area contributed by atoms with Crippen LogP contribution in [0.3, 0.4) is 0 Å². The SMILES string of the molecule is COCCOCc1ccc(OC)c(CN)c1. The number of hydrogen-bond donors (Lipinski definition) is 1. The lowest BCUT2D eigenvalue weighted by Crippen LogP contribution is -2.04. The van der Waals surface area contributed by atoms with E-state index in [9.17, 15) is 0 Å². The number of ether oxygens (including phenoxy) is 3. The predicted octanol–water partition coefficient (Wildman–Crippen LogP) is 1.32. The van der Waals surface area contributed by atoms with E-state index in [1.807, 2.05) is 18.2 Å². The molecule has 16 heavy (non-hydrogen) atoms. The van der Waals surface area contributed by atoms with E-state index in [0.717, 1.165) is 16.9 Å². The average Bonchev–Trinajstić information content (AvgIpc) is 2.34. The van der Waals surface area contributed by atoms with Crippen molar-refractivity contribution in [1.29, 1.82) is 0 Å². The zero-order valence-electron chi connectivity index (χ0n) is 9.86. The summed E-state index contributed by atoms with van der Waals surface area (Å²) in [5.74, 6) is 0.822. The van der Waals surface area contributed by atoms with E-state index in [2.05, 4.69) is 0 Å². The van der Waals surface area contributed by atoms with Crippen molar-refractivity contribution in [2.45, 2.75) is 13.2 Å². The first-order chi connectivity index (χ1) is 7.81. The van der Waals surface area contributed by atoms with Gasteiger partial charge in [-0.15, -0.1) is 0 Å². The van der Waals surface area contributed by atoms with Crippen molar-refractivity contribution in [3.63, 3.8) is 0 Å². The second-order valence-corrected chi connectivity index (χ2v) is 3.40. The number of methoxy groups -OCH3 is 2. The van der Waals surface area contributed by atoms with Gasteiger partial charge in [-0.25, -0.2) is 0 Å². The highest BCUT2D eigenvalue weighted by Crippen LogP contribution is 2.19. The van der Waals surface area contributed by atoms with E-state index in [1.54, 1.807) is 14.2 Å². The summed E-state index contributed by atoms with van der Waals surface area (Å²) in [5, 5.41) is 0. The van der Waals surface area contributed by atoms with Crippen molar-refractivity contribution in [2.24, 2.45) is 5.73 Å². The fraction of sp³-hybridized carbons (Fsp3) is 0.500. The van der Waals surface area contributed by atoms with Gasteiger partial charge in [0.15, 0.2) is 0 Å². The molecule has 4 heteroatoms. The molecule has 0 aromatic heterocycles. The summed E-state index contributed by atoms with van der Waals surface area (Å²) < 4.78 is 15.5. The van der Waals surface area contributed by atoms with Gasteiger partial charge >= 0.3 is 0 Å². The Morgan fingerprint density at radius 2 is 2.00 bits per heavy atom. The highest BCUT2D eigenvalue weighted by molar-refractivity contribution is 5.36. The summed E-state index contributed by atoms with van der Waals surface area (Å²) in [6.07, 6.45) is 0. The second-order valence-electron chi connectivity index (χ2n) is 3.40. The van der Waals surface area contributed by atoms with Crippen molar-refractivity contribution in [2.75, 3.05) is 27.4 Å². The molecule has 0 amide bonds. The van der Waals surface area contributed by atoms with Crippen LogP contribution in [0.5, 0.6) is 5.75 Å². The van der Waals surface area contributed by atoms with Crippen LogP contribution in [-0.2, 0) is 22.6 Å². The van der Waals surface area contributed by atoms with Crippen LogP contribution in [0.25, 0.3) is 0 Å². The summed E-state index contributed by atoms with van der Waals surface area (Å²) in [6, 6.07) is 5.90. The van der Waals surface area contributed by atoms with Gasteiger partial charge in [-0.2, -0.15) is 0 Å². The third kappa shape index (κ3) is 3.81. The lowest BCUT2D eigenvalue weighted by Gasteiger charge is -2.09. The second kappa shape index (κ2) is 7.22. The predicted molar refractivity (Wildman–Crippen MR) is 62.4 cm³/mol. The summed E-state index contributed by atoms with van der Waals surface area (Å²) >= 11 is 0. The third-order valence-corrected chi connectivity index (χ3v) is 2.27. The summed E-state index contributed by atoms with van der Waals surface area (Å²) in [7, 11) is 3.30. The van der Waals surface area contributed by atoms with Gasteiger partial charge in [0, 0.05) is 19.2 Å². The van der Waals surface area contributed by atoms with Crippen molar-refractivity contribution in [1.82, 2.24) is 0 Å². The smallest absolute Gasteiger partial charge is 0.123 e. The van der Waals surface area contributed by atoms with Crippen LogP contribution in [0, 0.1) is 0 Å². The number of hydrogen-bond acceptors (Lipinski definition) is 4. The molecule has 0 aliphatic heterocycles. The van der Waals surface area contributed by atoms with Crippen molar-refractivity contribution < 1.29 is 14.2 Å². The molecule has 0 saturated carbocycles. The highest BCUT2D eigenvalue weighted by Gasteiger charge is 2.02. The lowest BCUT2D eigenvalue weighted by atomic mass is 10.1. The van der Waals surface area contributed by atoms with Crippen LogP contribution in [0.4, 0.5) is 0 Å². The maximum atomic E-state index is 5.63. The molecule has 0 saturated heterocycles. The Labute approximate surface area is 96.3 Å². The van der Waals surface area contributed by atoms with Gasteiger partial charge in [-0.1, -0.05) is 6.07 Å².